The Labute approximate surface area is 123 Å². The normalized spacial score (nSPS) is 12.1. The lowest BCUT2D eigenvalue weighted by Crippen LogP contribution is -2.33. The van der Waals surface area contributed by atoms with Gasteiger partial charge in [-0.3, -0.25) is 4.79 Å². The fraction of sp³-hybridized carbons (Fsp3) is 0.333. The SMILES string of the molecule is CC[C@H](C)NC(=O)CSc1ncc(-c2ccccc2)[nH]1. The number of aromatic amines is 1. The lowest BCUT2D eigenvalue weighted by molar-refractivity contribution is -0.119. The zero-order valence-corrected chi connectivity index (χ0v) is 12.5. The molecule has 0 spiro atoms. The standard InChI is InChI=1S/C15H19N3OS/c1-3-11(2)17-14(19)10-20-15-16-9-13(18-15)12-7-5-4-6-8-12/h4-9,11H,3,10H2,1-2H3,(H,16,18)(H,17,19)/t11-/m0/s1. The third-order valence-corrected chi connectivity index (χ3v) is 3.88. The van der Waals surface area contributed by atoms with E-state index in [9.17, 15) is 4.79 Å². The maximum absolute atomic E-state index is 11.7. The molecule has 0 aliphatic carbocycles. The van der Waals surface area contributed by atoms with E-state index in [1.54, 1.807) is 6.20 Å². The van der Waals surface area contributed by atoms with Gasteiger partial charge in [-0.25, -0.2) is 4.98 Å². The number of nitrogens with one attached hydrogen (secondary N) is 2. The molecular weight excluding hydrogens is 270 g/mol. The van der Waals surface area contributed by atoms with Crippen molar-refractivity contribution in [3.05, 3.63) is 36.5 Å². The fourth-order valence-corrected chi connectivity index (χ4v) is 2.35. The summed E-state index contributed by atoms with van der Waals surface area (Å²) in [4.78, 5) is 19.2. The second-order valence-electron chi connectivity index (χ2n) is 4.63. The average Bonchev–Trinajstić information content (AvgIpc) is 2.95. The van der Waals surface area contributed by atoms with E-state index in [2.05, 4.69) is 22.2 Å². The monoisotopic (exact) mass is 289 g/mol. The Hall–Kier alpha value is -1.75. The number of imidazole rings is 1. The number of hydrogen-bond donors (Lipinski definition) is 2. The minimum atomic E-state index is 0.0435. The van der Waals surface area contributed by atoms with Crippen molar-refractivity contribution in [2.24, 2.45) is 0 Å². The quantitative estimate of drug-likeness (QED) is 0.803. The number of benzene rings is 1. The van der Waals surface area contributed by atoms with E-state index < -0.39 is 0 Å². The molecule has 0 saturated heterocycles. The van der Waals surface area contributed by atoms with Gasteiger partial charge < -0.3 is 10.3 Å². The molecule has 0 aliphatic heterocycles. The molecular formula is C15H19N3OS. The molecule has 0 radical (unpaired) electrons. The lowest BCUT2D eigenvalue weighted by Gasteiger charge is -2.10. The van der Waals surface area contributed by atoms with Crippen molar-refractivity contribution < 1.29 is 4.79 Å². The summed E-state index contributed by atoms with van der Waals surface area (Å²) in [6.07, 6.45) is 2.74. The van der Waals surface area contributed by atoms with Crippen LogP contribution in [0.5, 0.6) is 0 Å². The van der Waals surface area contributed by atoms with Crippen LogP contribution in [0, 0.1) is 0 Å². The van der Waals surface area contributed by atoms with Crippen molar-refractivity contribution in [1.29, 1.82) is 0 Å². The predicted molar refractivity (Wildman–Crippen MR) is 82.6 cm³/mol. The summed E-state index contributed by atoms with van der Waals surface area (Å²) in [6, 6.07) is 10.2. The summed E-state index contributed by atoms with van der Waals surface area (Å²) in [7, 11) is 0. The Morgan fingerprint density at radius 3 is 2.85 bits per heavy atom. The van der Waals surface area contributed by atoms with Crippen molar-refractivity contribution in [1.82, 2.24) is 15.3 Å². The van der Waals surface area contributed by atoms with Gasteiger partial charge in [0.05, 0.1) is 17.6 Å². The van der Waals surface area contributed by atoms with Gasteiger partial charge in [0.2, 0.25) is 5.91 Å². The van der Waals surface area contributed by atoms with Crippen LogP contribution in [0.4, 0.5) is 0 Å². The number of carbonyl (C=O) groups is 1. The van der Waals surface area contributed by atoms with Crippen LogP contribution in [0.3, 0.4) is 0 Å². The smallest absolute Gasteiger partial charge is 0.230 e. The van der Waals surface area contributed by atoms with Crippen LogP contribution in [0.2, 0.25) is 0 Å². The molecule has 1 aromatic carbocycles. The van der Waals surface area contributed by atoms with Crippen LogP contribution in [-0.2, 0) is 4.79 Å². The summed E-state index contributed by atoms with van der Waals surface area (Å²) in [5.41, 5.74) is 2.06. The number of hydrogen-bond acceptors (Lipinski definition) is 3. The van der Waals surface area contributed by atoms with Crippen LogP contribution < -0.4 is 5.32 Å². The van der Waals surface area contributed by atoms with E-state index in [0.717, 1.165) is 22.8 Å². The minimum Gasteiger partial charge on any atom is -0.353 e. The average molecular weight is 289 g/mol. The highest BCUT2D eigenvalue weighted by atomic mass is 32.2. The van der Waals surface area contributed by atoms with Crippen molar-refractivity contribution in [2.45, 2.75) is 31.5 Å². The molecule has 1 aromatic heterocycles. The molecule has 0 unspecified atom stereocenters. The highest BCUT2D eigenvalue weighted by Gasteiger charge is 2.08. The third kappa shape index (κ3) is 4.13. The Morgan fingerprint density at radius 1 is 1.40 bits per heavy atom. The molecule has 1 atom stereocenters. The molecule has 2 N–H and O–H groups in total. The molecule has 0 aliphatic rings. The lowest BCUT2D eigenvalue weighted by atomic mass is 10.2. The Bertz CT molecular complexity index is 553. The summed E-state index contributed by atoms with van der Waals surface area (Å²) in [5.74, 6) is 0.425. The fourth-order valence-electron chi connectivity index (χ4n) is 1.69. The van der Waals surface area contributed by atoms with Gasteiger partial charge in [0.1, 0.15) is 0 Å². The van der Waals surface area contributed by atoms with Crippen LogP contribution >= 0.6 is 11.8 Å². The molecule has 1 amide bonds. The van der Waals surface area contributed by atoms with Gasteiger partial charge in [-0.2, -0.15) is 0 Å². The van der Waals surface area contributed by atoms with E-state index in [-0.39, 0.29) is 11.9 Å². The molecule has 5 heteroatoms. The van der Waals surface area contributed by atoms with Crippen molar-refractivity contribution in [3.63, 3.8) is 0 Å². The van der Waals surface area contributed by atoms with Crippen LogP contribution in [-0.4, -0.2) is 27.7 Å². The van der Waals surface area contributed by atoms with Gasteiger partial charge in [-0.15, -0.1) is 0 Å². The summed E-state index contributed by atoms with van der Waals surface area (Å²) in [5, 5.41) is 3.70. The molecule has 0 saturated carbocycles. The first-order valence-corrected chi connectivity index (χ1v) is 7.70. The van der Waals surface area contributed by atoms with Crippen LogP contribution in [0.1, 0.15) is 20.3 Å². The molecule has 0 bridgehead atoms. The summed E-state index contributed by atoms with van der Waals surface area (Å²) >= 11 is 1.42. The number of nitrogens with zero attached hydrogens (tertiary/aromatic N) is 1. The van der Waals surface area contributed by atoms with Gasteiger partial charge in [0, 0.05) is 6.04 Å². The number of rotatable bonds is 6. The number of amides is 1. The Balaban J connectivity index is 1.89. The number of carbonyl (C=O) groups excluding carboxylic acids is 1. The molecule has 2 rings (SSSR count). The Kier molecular flexibility index (Phi) is 5.24. The highest BCUT2D eigenvalue weighted by Crippen LogP contribution is 2.20. The van der Waals surface area contributed by atoms with Crippen LogP contribution in [0.25, 0.3) is 11.3 Å². The molecule has 106 valence electrons. The first kappa shape index (κ1) is 14.7. The molecule has 0 fully saturated rings. The Morgan fingerprint density at radius 2 is 2.15 bits per heavy atom. The topological polar surface area (TPSA) is 57.8 Å². The first-order chi connectivity index (χ1) is 9.69. The van der Waals surface area contributed by atoms with Gasteiger partial charge in [0.25, 0.3) is 0 Å². The van der Waals surface area contributed by atoms with E-state index in [1.165, 1.54) is 11.8 Å². The largest absolute Gasteiger partial charge is 0.353 e. The second kappa shape index (κ2) is 7.14. The molecule has 4 nitrogen and oxygen atoms in total. The van der Waals surface area contributed by atoms with Gasteiger partial charge in [-0.1, -0.05) is 49.0 Å². The van der Waals surface area contributed by atoms with Gasteiger partial charge >= 0.3 is 0 Å². The molecule has 2 aromatic rings. The molecule has 1 heterocycles. The van der Waals surface area contributed by atoms with Crippen LogP contribution in [0.15, 0.2) is 41.7 Å². The van der Waals surface area contributed by atoms with Crippen molar-refractivity contribution >= 4 is 17.7 Å². The zero-order chi connectivity index (χ0) is 14.4. The van der Waals surface area contributed by atoms with E-state index >= 15 is 0 Å². The second-order valence-corrected chi connectivity index (χ2v) is 5.60. The van der Waals surface area contributed by atoms with E-state index in [4.69, 9.17) is 0 Å². The van der Waals surface area contributed by atoms with Gasteiger partial charge in [-0.05, 0) is 18.9 Å². The maximum atomic E-state index is 11.7. The van der Waals surface area contributed by atoms with Gasteiger partial charge in [0.15, 0.2) is 5.16 Å². The van der Waals surface area contributed by atoms with Crippen molar-refractivity contribution in [3.8, 4) is 11.3 Å². The van der Waals surface area contributed by atoms with E-state index in [1.807, 2.05) is 37.3 Å². The first-order valence-electron chi connectivity index (χ1n) is 6.71. The number of aromatic nitrogens is 2. The van der Waals surface area contributed by atoms with Crippen molar-refractivity contribution in [2.75, 3.05) is 5.75 Å². The molecule has 20 heavy (non-hydrogen) atoms. The highest BCUT2D eigenvalue weighted by molar-refractivity contribution is 7.99. The number of thioether (sulfide) groups is 1. The summed E-state index contributed by atoms with van der Waals surface area (Å²) < 4.78 is 0. The van der Waals surface area contributed by atoms with E-state index in [0.29, 0.717) is 5.75 Å². The third-order valence-electron chi connectivity index (χ3n) is 3.00. The predicted octanol–water partition coefficient (Wildman–Crippen LogP) is 3.08. The minimum absolute atomic E-state index is 0.0435. The zero-order valence-electron chi connectivity index (χ0n) is 11.7. The number of H-pyrrole nitrogens is 1. The maximum Gasteiger partial charge on any atom is 0.230 e. The summed E-state index contributed by atoms with van der Waals surface area (Å²) in [6.45, 7) is 4.06.